The number of aromatic nitrogens is 5. The van der Waals surface area contributed by atoms with Crippen LogP contribution in [0.5, 0.6) is 0 Å². The van der Waals surface area contributed by atoms with Crippen molar-refractivity contribution in [3.63, 3.8) is 0 Å². The summed E-state index contributed by atoms with van der Waals surface area (Å²) in [5.41, 5.74) is 5.39. The molecule has 35 heavy (non-hydrogen) atoms. The molecule has 1 aliphatic rings. The fourth-order valence-corrected chi connectivity index (χ4v) is 4.59. The molecule has 8 heteroatoms. The van der Waals surface area contributed by atoms with Gasteiger partial charge in [0.1, 0.15) is 0 Å². The highest BCUT2D eigenvalue weighted by Gasteiger charge is 2.29. The van der Waals surface area contributed by atoms with Gasteiger partial charge in [0.15, 0.2) is 0 Å². The van der Waals surface area contributed by atoms with Gasteiger partial charge in [-0.2, -0.15) is 5.10 Å². The Kier molecular flexibility index (Phi) is 6.27. The summed E-state index contributed by atoms with van der Waals surface area (Å²) in [4.78, 5) is 31.4. The van der Waals surface area contributed by atoms with Crippen molar-refractivity contribution in [3.8, 4) is 22.4 Å². The van der Waals surface area contributed by atoms with E-state index in [1.165, 1.54) is 0 Å². The molecule has 0 radical (unpaired) electrons. The van der Waals surface area contributed by atoms with Crippen LogP contribution in [0.2, 0.25) is 0 Å². The molecule has 178 valence electrons. The number of carbonyl (C=O) groups excluding carboxylic acids is 1. The van der Waals surface area contributed by atoms with Crippen molar-refractivity contribution in [2.75, 3.05) is 32.1 Å². The van der Waals surface area contributed by atoms with E-state index in [-0.39, 0.29) is 11.8 Å². The molecule has 3 aromatic heterocycles. The quantitative estimate of drug-likeness (QED) is 0.441. The summed E-state index contributed by atoms with van der Waals surface area (Å²) in [6, 6.07) is 13.9. The molecule has 0 N–H and O–H groups in total. The second-order valence-electron chi connectivity index (χ2n) is 9.15. The monoisotopic (exact) mass is 467 g/mol. The van der Waals surface area contributed by atoms with Gasteiger partial charge in [-0.25, -0.2) is 9.97 Å². The number of rotatable bonds is 5. The van der Waals surface area contributed by atoms with E-state index in [1.54, 1.807) is 23.1 Å². The fraction of sp³-hybridized carbons (Fsp3) is 0.296. The molecule has 1 amide bonds. The van der Waals surface area contributed by atoms with Gasteiger partial charge in [-0.1, -0.05) is 30.3 Å². The average Bonchev–Trinajstić information content (AvgIpc) is 3.35. The van der Waals surface area contributed by atoms with Gasteiger partial charge in [0.05, 0.1) is 17.6 Å². The fourth-order valence-electron chi connectivity index (χ4n) is 4.59. The number of hydrogen-bond acceptors (Lipinski definition) is 6. The first-order chi connectivity index (χ1) is 17.0. The molecule has 4 heterocycles. The number of aryl methyl sites for hydroxylation is 1. The van der Waals surface area contributed by atoms with Gasteiger partial charge in [-0.3, -0.25) is 14.5 Å². The first-order valence-electron chi connectivity index (χ1n) is 11.8. The van der Waals surface area contributed by atoms with Crippen molar-refractivity contribution in [2.24, 2.45) is 7.05 Å². The molecule has 0 bridgehead atoms. The molecule has 1 aromatic carbocycles. The number of benzene rings is 1. The third kappa shape index (κ3) is 4.77. The van der Waals surface area contributed by atoms with E-state index in [9.17, 15) is 4.79 Å². The Hall–Kier alpha value is -4.07. The second kappa shape index (κ2) is 9.66. The van der Waals surface area contributed by atoms with Gasteiger partial charge < -0.3 is 9.80 Å². The van der Waals surface area contributed by atoms with E-state index in [0.717, 1.165) is 47.5 Å². The standard InChI is InChI=1S/C27H29N7O/c1-32(2)27-29-16-23(19-8-5-4-6-9-19)25(31-27)21-10-7-13-34(18-21)26(35)20-11-12-28-24(14-20)22-15-30-33(3)17-22/h4-6,8-9,11-12,14-17,21H,7,10,13,18H2,1-3H3/t21-/m0/s1. The molecular formula is C27H29N7O. The zero-order chi connectivity index (χ0) is 24.4. The molecule has 1 saturated heterocycles. The van der Waals surface area contributed by atoms with Crippen LogP contribution in [0.15, 0.2) is 67.3 Å². The summed E-state index contributed by atoms with van der Waals surface area (Å²) in [6.07, 6.45) is 9.17. The highest BCUT2D eigenvalue weighted by Crippen LogP contribution is 2.34. The third-order valence-corrected chi connectivity index (χ3v) is 6.39. The number of hydrogen-bond donors (Lipinski definition) is 0. The predicted molar refractivity (Wildman–Crippen MR) is 136 cm³/mol. The molecule has 4 aromatic rings. The van der Waals surface area contributed by atoms with Gasteiger partial charge >= 0.3 is 0 Å². The lowest BCUT2D eigenvalue weighted by Gasteiger charge is -2.33. The zero-order valence-corrected chi connectivity index (χ0v) is 20.3. The van der Waals surface area contributed by atoms with Crippen LogP contribution in [0.1, 0.15) is 34.8 Å². The minimum absolute atomic E-state index is 0.0189. The number of amides is 1. The third-order valence-electron chi connectivity index (χ3n) is 6.39. The van der Waals surface area contributed by atoms with Gasteiger partial charge in [-0.05, 0) is 30.5 Å². The van der Waals surface area contributed by atoms with Crippen LogP contribution < -0.4 is 4.90 Å². The Balaban J connectivity index is 1.44. The summed E-state index contributed by atoms with van der Waals surface area (Å²) in [7, 11) is 5.76. The van der Waals surface area contributed by atoms with Crippen molar-refractivity contribution in [1.29, 1.82) is 0 Å². The Morgan fingerprint density at radius 3 is 2.63 bits per heavy atom. The van der Waals surface area contributed by atoms with E-state index in [0.29, 0.717) is 18.1 Å². The molecule has 0 saturated carbocycles. The van der Waals surface area contributed by atoms with E-state index < -0.39 is 0 Å². The van der Waals surface area contributed by atoms with Crippen molar-refractivity contribution in [2.45, 2.75) is 18.8 Å². The molecule has 5 rings (SSSR count). The molecule has 0 unspecified atom stereocenters. The van der Waals surface area contributed by atoms with Crippen molar-refractivity contribution in [1.82, 2.24) is 29.6 Å². The van der Waals surface area contributed by atoms with Crippen LogP contribution >= 0.6 is 0 Å². The Morgan fingerprint density at radius 1 is 1.06 bits per heavy atom. The molecule has 1 aliphatic heterocycles. The van der Waals surface area contributed by atoms with Crippen LogP contribution in [-0.4, -0.2) is 62.7 Å². The maximum atomic E-state index is 13.5. The molecule has 0 spiro atoms. The minimum atomic E-state index is 0.0189. The van der Waals surface area contributed by atoms with Crippen LogP contribution in [0.3, 0.4) is 0 Å². The molecule has 1 fully saturated rings. The predicted octanol–water partition coefficient (Wildman–Crippen LogP) is 4.02. The largest absolute Gasteiger partial charge is 0.347 e. The van der Waals surface area contributed by atoms with E-state index in [2.05, 4.69) is 27.2 Å². The Bertz CT molecular complexity index is 1330. The lowest BCUT2D eigenvalue weighted by Crippen LogP contribution is -2.39. The first-order valence-corrected chi connectivity index (χ1v) is 11.8. The molecule has 0 aliphatic carbocycles. The van der Waals surface area contributed by atoms with Gasteiger partial charge in [0.25, 0.3) is 5.91 Å². The average molecular weight is 468 g/mol. The lowest BCUT2D eigenvalue weighted by atomic mass is 9.89. The van der Waals surface area contributed by atoms with Crippen molar-refractivity contribution < 1.29 is 4.79 Å². The second-order valence-corrected chi connectivity index (χ2v) is 9.15. The highest BCUT2D eigenvalue weighted by atomic mass is 16.2. The van der Waals surface area contributed by atoms with E-state index >= 15 is 0 Å². The number of nitrogens with zero attached hydrogens (tertiary/aromatic N) is 7. The molecular weight excluding hydrogens is 438 g/mol. The number of carbonyl (C=O) groups is 1. The minimum Gasteiger partial charge on any atom is -0.347 e. The number of pyridine rings is 1. The van der Waals surface area contributed by atoms with Crippen LogP contribution in [0.25, 0.3) is 22.4 Å². The zero-order valence-electron chi connectivity index (χ0n) is 20.3. The summed E-state index contributed by atoms with van der Waals surface area (Å²) in [6.45, 7) is 1.35. The first kappa shape index (κ1) is 22.7. The molecule has 1 atom stereocenters. The maximum absolute atomic E-state index is 13.5. The smallest absolute Gasteiger partial charge is 0.254 e. The van der Waals surface area contributed by atoms with Crippen LogP contribution in [0.4, 0.5) is 5.95 Å². The number of piperidine rings is 1. The van der Waals surface area contributed by atoms with Crippen molar-refractivity contribution in [3.05, 3.63) is 78.5 Å². The van der Waals surface area contributed by atoms with Crippen LogP contribution in [0, 0.1) is 0 Å². The summed E-state index contributed by atoms with van der Waals surface area (Å²) >= 11 is 0. The Morgan fingerprint density at radius 2 is 1.89 bits per heavy atom. The summed E-state index contributed by atoms with van der Waals surface area (Å²) in [5.74, 6) is 0.827. The normalized spacial score (nSPS) is 15.7. The van der Waals surface area contributed by atoms with Crippen molar-refractivity contribution >= 4 is 11.9 Å². The highest BCUT2D eigenvalue weighted by molar-refractivity contribution is 5.95. The Labute approximate surface area is 205 Å². The topological polar surface area (TPSA) is 80.0 Å². The SMILES string of the molecule is CN(C)c1ncc(-c2ccccc2)c([C@H]2CCCN(C(=O)c3ccnc(-c4cnn(C)c4)c3)C2)n1. The lowest BCUT2D eigenvalue weighted by molar-refractivity contribution is 0.0706. The summed E-state index contributed by atoms with van der Waals surface area (Å²) < 4.78 is 1.73. The van der Waals surface area contributed by atoms with Gasteiger partial charge in [0.2, 0.25) is 5.95 Å². The summed E-state index contributed by atoms with van der Waals surface area (Å²) in [5, 5.41) is 4.22. The van der Waals surface area contributed by atoms with E-state index in [1.807, 2.05) is 67.6 Å². The molecule has 8 nitrogen and oxygen atoms in total. The number of anilines is 1. The van der Waals surface area contributed by atoms with Gasteiger partial charge in [0, 0.05) is 75.4 Å². The number of likely N-dealkylation sites (tertiary alicyclic amines) is 1. The van der Waals surface area contributed by atoms with Gasteiger partial charge in [-0.15, -0.1) is 0 Å². The van der Waals surface area contributed by atoms with E-state index in [4.69, 9.17) is 4.98 Å². The van der Waals surface area contributed by atoms with Crippen LogP contribution in [-0.2, 0) is 7.05 Å². The maximum Gasteiger partial charge on any atom is 0.254 e.